The van der Waals surface area contributed by atoms with Crippen LogP contribution in [0, 0.1) is 0 Å². The number of piperidine rings is 1. The molecule has 0 aliphatic carbocycles. The number of nitrogens with zero attached hydrogens (tertiary/aromatic N) is 4. The molecule has 132 valence electrons. The highest BCUT2D eigenvalue weighted by atomic mass is 79.9. The second kappa shape index (κ2) is 7.17. The van der Waals surface area contributed by atoms with E-state index < -0.39 is 0 Å². The van der Waals surface area contributed by atoms with Crippen molar-refractivity contribution in [2.45, 2.75) is 18.8 Å². The van der Waals surface area contributed by atoms with Gasteiger partial charge in [0.1, 0.15) is 5.82 Å². The SMILES string of the molecule is CN1C=CC=C(CNc2cc(C3CCNCC3)nc3c(Br)cnn23)C1. The van der Waals surface area contributed by atoms with Gasteiger partial charge in [-0.2, -0.15) is 9.61 Å². The largest absolute Gasteiger partial charge is 0.376 e. The molecule has 4 rings (SSSR count). The van der Waals surface area contributed by atoms with Crippen molar-refractivity contribution < 1.29 is 0 Å². The number of anilines is 1. The molecule has 7 heteroatoms. The molecule has 2 aliphatic heterocycles. The van der Waals surface area contributed by atoms with Gasteiger partial charge in [0.15, 0.2) is 5.65 Å². The van der Waals surface area contributed by atoms with Crippen molar-refractivity contribution in [3.8, 4) is 0 Å². The molecular formula is C18H23BrN6. The Morgan fingerprint density at radius 2 is 2.20 bits per heavy atom. The standard InChI is InChI=1S/C18H23BrN6/c1-24-8-2-3-13(12-24)10-21-17-9-16(14-4-6-20-7-5-14)23-18-15(19)11-22-25(17)18/h2-3,8-9,11,14,20-21H,4-7,10,12H2,1H3. The Bertz CT molecular complexity index is 818. The number of rotatable bonds is 4. The van der Waals surface area contributed by atoms with Crippen LogP contribution in [0.3, 0.4) is 0 Å². The molecule has 0 aromatic carbocycles. The van der Waals surface area contributed by atoms with Gasteiger partial charge in [-0.15, -0.1) is 0 Å². The van der Waals surface area contributed by atoms with Crippen LogP contribution in [0.1, 0.15) is 24.5 Å². The summed E-state index contributed by atoms with van der Waals surface area (Å²) < 4.78 is 2.82. The molecule has 0 saturated carbocycles. The summed E-state index contributed by atoms with van der Waals surface area (Å²) in [6, 6.07) is 2.17. The van der Waals surface area contributed by atoms with E-state index in [1.165, 1.54) is 5.57 Å². The van der Waals surface area contributed by atoms with Gasteiger partial charge in [-0.25, -0.2) is 4.98 Å². The maximum atomic E-state index is 4.88. The molecule has 0 atom stereocenters. The zero-order chi connectivity index (χ0) is 17.2. The third-order valence-corrected chi connectivity index (χ3v) is 5.39. The van der Waals surface area contributed by atoms with Gasteiger partial charge in [-0.05, 0) is 59.7 Å². The van der Waals surface area contributed by atoms with Gasteiger partial charge < -0.3 is 15.5 Å². The first-order valence-electron chi connectivity index (χ1n) is 8.76. The molecular weight excluding hydrogens is 380 g/mol. The van der Waals surface area contributed by atoms with Crippen LogP contribution in [0.5, 0.6) is 0 Å². The predicted octanol–water partition coefficient (Wildman–Crippen LogP) is 2.76. The van der Waals surface area contributed by atoms with Crippen molar-refractivity contribution >= 4 is 27.4 Å². The molecule has 2 aromatic heterocycles. The lowest BCUT2D eigenvalue weighted by Crippen LogP contribution is -2.27. The number of allylic oxidation sites excluding steroid dienone is 2. The average molecular weight is 403 g/mol. The van der Waals surface area contributed by atoms with Gasteiger partial charge in [0.25, 0.3) is 0 Å². The summed E-state index contributed by atoms with van der Waals surface area (Å²) >= 11 is 3.58. The Morgan fingerprint density at radius 3 is 3.00 bits per heavy atom. The minimum atomic E-state index is 0.511. The lowest BCUT2D eigenvalue weighted by molar-refractivity contribution is 0.453. The maximum Gasteiger partial charge on any atom is 0.171 e. The summed E-state index contributed by atoms with van der Waals surface area (Å²) in [5, 5.41) is 11.5. The summed E-state index contributed by atoms with van der Waals surface area (Å²) in [7, 11) is 2.09. The van der Waals surface area contributed by atoms with Crippen molar-refractivity contribution in [3.05, 3.63) is 46.4 Å². The molecule has 0 bridgehead atoms. The Morgan fingerprint density at radius 1 is 1.36 bits per heavy atom. The zero-order valence-electron chi connectivity index (χ0n) is 14.4. The van der Waals surface area contributed by atoms with E-state index in [9.17, 15) is 0 Å². The lowest BCUT2D eigenvalue weighted by Gasteiger charge is -2.23. The first-order chi connectivity index (χ1) is 12.2. The van der Waals surface area contributed by atoms with Crippen LogP contribution in [0.4, 0.5) is 5.82 Å². The van der Waals surface area contributed by atoms with Crippen molar-refractivity contribution in [2.75, 3.05) is 38.5 Å². The van der Waals surface area contributed by atoms with Gasteiger partial charge in [0, 0.05) is 37.8 Å². The van der Waals surface area contributed by atoms with E-state index in [-0.39, 0.29) is 0 Å². The number of hydrogen-bond donors (Lipinski definition) is 2. The quantitative estimate of drug-likeness (QED) is 0.823. The summed E-state index contributed by atoms with van der Waals surface area (Å²) in [6.07, 6.45) is 10.4. The molecule has 2 aromatic rings. The third kappa shape index (κ3) is 3.57. The highest BCUT2D eigenvalue weighted by Crippen LogP contribution is 2.28. The number of nitrogens with one attached hydrogen (secondary N) is 2. The fourth-order valence-corrected chi connectivity index (χ4v) is 3.83. The Balaban J connectivity index is 1.62. The van der Waals surface area contributed by atoms with Crippen LogP contribution in [-0.2, 0) is 0 Å². The second-order valence-electron chi connectivity index (χ2n) is 6.75. The van der Waals surface area contributed by atoms with E-state index in [0.717, 1.165) is 60.7 Å². The number of hydrogen-bond acceptors (Lipinski definition) is 5. The monoisotopic (exact) mass is 402 g/mol. The van der Waals surface area contributed by atoms with Gasteiger partial charge in [-0.3, -0.25) is 0 Å². The van der Waals surface area contributed by atoms with Crippen LogP contribution >= 0.6 is 15.9 Å². The fraction of sp³-hybridized carbons (Fsp3) is 0.444. The molecule has 25 heavy (non-hydrogen) atoms. The molecule has 2 aliphatic rings. The predicted molar refractivity (Wildman–Crippen MR) is 104 cm³/mol. The number of halogens is 1. The van der Waals surface area contributed by atoms with Crippen LogP contribution in [0.25, 0.3) is 5.65 Å². The van der Waals surface area contributed by atoms with Crippen molar-refractivity contribution in [1.82, 2.24) is 24.8 Å². The molecule has 0 spiro atoms. The third-order valence-electron chi connectivity index (χ3n) is 4.83. The molecule has 6 nitrogen and oxygen atoms in total. The van der Waals surface area contributed by atoms with Crippen LogP contribution in [0.2, 0.25) is 0 Å². The van der Waals surface area contributed by atoms with Crippen LogP contribution in [-0.4, -0.2) is 52.7 Å². The maximum absolute atomic E-state index is 4.88. The highest BCUT2D eigenvalue weighted by molar-refractivity contribution is 9.10. The van der Waals surface area contributed by atoms with Gasteiger partial charge >= 0.3 is 0 Å². The van der Waals surface area contributed by atoms with Crippen molar-refractivity contribution in [3.63, 3.8) is 0 Å². The van der Waals surface area contributed by atoms with Crippen molar-refractivity contribution in [2.24, 2.45) is 0 Å². The van der Waals surface area contributed by atoms with E-state index in [0.29, 0.717) is 5.92 Å². The van der Waals surface area contributed by atoms with Crippen LogP contribution in [0.15, 0.2) is 40.7 Å². The number of fused-ring (bicyclic) bond motifs is 1. The van der Waals surface area contributed by atoms with E-state index in [2.05, 4.69) is 68.0 Å². The van der Waals surface area contributed by atoms with E-state index in [1.807, 2.05) is 10.7 Å². The molecule has 2 N–H and O–H groups in total. The summed E-state index contributed by atoms with van der Waals surface area (Å²) in [5.74, 6) is 1.51. The average Bonchev–Trinajstić information content (AvgIpc) is 3.02. The molecule has 1 saturated heterocycles. The van der Waals surface area contributed by atoms with Gasteiger partial charge in [-0.1, -0.05) is 6.08 Å². The second-order valence-corrected chi connectivity index (χ2v) is 7.61. The summed E-state index contributed by atoms with van der Waals surface area (Å²) in [6.45, 7) is 3.87. The minimum Gasteiger partial charge on any atom is -0.376 e. The van der Waals surface area contributed by atoms with E-state index >= 15 is 0 Å². The molecule has 1 fully saturated rings. The first-order valence-corrected chi connectivity index (χ1v) is 9.55. The number of likely N-dealkylation sites (N-methyl/N-ethyl adjacent to an activating group) is 1. The normalized spacial score (nSPS) is 18.6. The first kappa shape index (κ1) is 16.6. The molecule has 0 radical (unpaired) electrons. The van der Waals surface area contributed by atoms with Gasteiger partial charge in [0.2, 0.25) is 0 Å². The zero-order valence-corrected chi connectivity index (χ0v) is 16.0. The Kier molecular flexibility index (Phi) is 4.76. The van der Waals surface area contributed by atoms with E-state index in [4.69, 9.17) is 4.98 Å². The van der Waals surface area contributed by atoms with Gasteiger partial charge in [0.05, 0.1) is 10.7 Å². The molecule has 4 heterocycles. The summed E-state index contributed by atoms with van der Waals surface area (Å²) in [5.41, 5.74) is 3.39. The van der Waals surface area contributed by atoms with Crippen molar-refractivity contribution in [1.29, 1.82) is 0 Å². The minimum absolute atomic E-state index is 0.511. The highest BCUT2D eigenvalue weighted by Gasteiger charge is 2.20. The molecule has 0 amide bonds. The van der Waals surface area contributed by atoms with E-state index in [1.54, 1.807) is 0 Å². The molecule has 0 unspecified atom stereocenters. The Hall–Kier alpha value is -1.86. The topological polar surface area (TPSA) is 57.5 Å². The summed E-state index contributed by atoms with van der Waals surface area (Å²) in [4.78, 5) is 7.06. The Labute approximate surface area is 156 Å². The smallest absolute Gasteiger partial charge is 0.171 e. The fourth-order valence-electron chi connectivity index (χ4n) is 3.48. The van der Waals surface area contributed by atoms with Crippen LogP contribution < -0.4 is 10.6 Å². The number of aromatic nitrogens is 3. The lowest BCUT2D eigenvalue weighted by atomic mass is 9.94.